The third-order valence-corrected chi connectivity index (χ3v) is 3.10. The minimum absolute atomic E-state index is 0.237. The van der Waals surface area contributed by atoms with Gasteiger partial charge >= 0.3 is 5.97 Å². The van der Waals surface area contributed by atoms with Crippen LogP contribution in [0.3, 0.4) is 0 Å². The van der Waals surface area contributed by atoms with Gasteiger partial charge < -0.3 is 4.74 Å². The minimum Gasteiger partial charge on any atom is -0.462 e. The first-order valence-electron chi connectivity index (χ1n) is 5.12. The summed E-state index contributed by atoms with van der Waals surface area (Å²) in [5.74, 6) is -0.732. The number of halogens is 1. The number of hydrogen-bond donors (Lipinski definition) is 1. The van der Waals surface area contributed by atoms with Gasteiger partial charge in [-0.3, -0.25) is 4.79 Å². The first-order valence-corrected chi connectivity index (χ1v) is 6.00. The number of ketones is 1. The second kappa shape index (κ2) is 6.07. The number of esters is 1. The van der Waals surface area contributed by atoms with E-state index in [2.05, 4.69) is 12.6 Å². The SMILES string of the molecule is CCOC(=O)c1cccc(S)c1C(Cl)C(C)=O. The molecule has 0 aliphatic rings. The molecule has 0 aliphatic heterocycles. The molecular weight excluding hydrogens is 260 g/mol. The lowest BCUT2D eigenvalue weighted by Gasteiger charge is -2.14. The Labute approximate surface area is 111 Å². The molecule has 0 spiro atoms. The van der Waals surface area contributed by atoms with Crippen molar-refractivity contribution in [3.63, 3.8) is 0 Å². The lowest BCUT2D eigenvalue weighted by molar-refractivity contribution is -0.116. The van der Waals surface area contributed by atoms with Crippen LogP contribution in [0.25, 0.3) is 0 Å². The van der Waals surface area contributed by atoms with Gasteiger partial charge in [-0.2, -0.15) is 0 Å². The van der Waals surface area contributed by atoms with Gasteiger partial charge in [-0.05, 0) is 26.0 Å². The number of alkyl halides is 1. The summed E-state index contributed by atoms with van der Waals surface area (Å²) in [7, 11) is 0. The summed E-state index contributed by atoms with van der Waals surface area (Å²) in [6.07, 6.45) is 0. The Bertz CT molecular complexity index is 445. The number of benzene rings is 1. The summed E-state index contributed by atoms with van der Waals surface area (Å²) in [5.41, 5.74) is 0.693. The first kappa shape index (κ1) is 14.1. The van der Waals surface area contributed by atoms with E-state index in [0.717, 1.165) is 0 Å². The number of ether oxygens (including phenoxy) is 1. The summed E-state index contributed by atoms with van der Waals surface area (Å²) >= 11 is 10.2. The molecule has 1 unspecified atom stereocenters. The molecule has 0 fully saturated rings. The van der Waals surface area contributed by atoms with E-state index in [0.29, 0.717) is 10.5 Å². The van der Waals surface area contributed by atoms with Gasteiger partial charge in [0.15, 0.2) is 5.78 Å². The minimum atomic E-state index is -0.886. The molecule has 3 nitrogen and oxygen atoms in total. The fourth-order valence-electron chi connectivity index (χ4n) is 1.41. The number of carbonyl (C=O) groups excluding carboxylic acids is 2. The van der Waals surface area contributed by atoms with Crippen LogP contribution in [-0.4, -0.2) is 18.4 Å². The van der Waals surface area contributed by atoms with Crippen molar-refractivity contribution < 1.29 is 14.3 Å². The van der Waals surface area contributed by atoms with E-state index in [-0.39, 0.29) is 18.0 Å². The third kappa shape index (κ3) is 3.23. The topological polar surface area (TPSA) is 43.4 Å². The molecule has 1 aromatic rings. The van der Waals surface area contributed by atoms with Gasteiger partial charge in [0.1, 0.15) is 5.38 Å². The smallest absolute Gasteiger partial charge is 0.338 e. The zero-order chi connectivity index (χ0) is 13.0. The van der Waals surface area contributed by atoms with Crippen molar-refractivity contribution in [3.05, 3.63) is 29.3 Å². The van der Waals surface area contributed by atoms with E-state index in [4.69, 9.17) is 16.3 Å². The lowest BCUT2D eigenvalue weighted by Crippen LogP contribution is -2.13. The van der Waals surface area contributed by atoms with Crippen LogP contribution in [0.2, 0.25) is 0 Å². The molecular formula is C12H13ClO3S. The zero-order valence-corrected chi connectivity index (χ0v) is 11.2. The van der Waals surface area contributed by atoms with Gasteiger partial charge in [-0.15, -0.1) is 24.2 Å². The summed E-state index contributed by atoms with van der Waals surface area (Å²) in [6.45, 7) is 3.35. The molecule has 0 radical (unpaired) electrons. The van der Waals surface area contributed by atoms with Crippen LogP contribution in [0.15, 0.2) is 23.1 Å². The highest BCUT2D eigenvalue weighted by molar-refractivity contribution is 7.80. The summed E-state index contributed by atoms with van der Waals surface area (Å²) in [4.78, 5) is 23.5. The van der Waals surface area contributed by atoms with Gasteiger partial charge in [0.2, 0.25) is 0 Å². The Morgan fingerprint density at radius 3 is 2.65 bits per heavy atom. The first-order chi connectivity index (χ1) is 7.99. The molecule has 1 atom stereocenters. The molecule has 0 amide bonds. The number of rotatable bonds is 4. The summed E-state index contributed by atoms with van der Waals surface area (Å²) < 4.78 is 4.91. The molecule has 5 heteroatoms. The zero-order valence-electron chi connectivity index (χ0n) is 9.57. The van der Waals surface area contributed by atoms with E-state index in [1.807, 2.05) is 0 Å². The third-order valence-electron chi connectivity index (χ3n) is 2.19. The van der Waals surface area contributed by atoms with Crippen molar-refractivity contribution in [2.45, 2.75) is 24.1 Å². The van der Waals surface area contributed by atoms with E-state index < -0.39 is 11.3 Å². The number of carbonyl (C=O) groups is 2. The molecule has 0 aliphatic carbocycles. The van der Waals surface area contributed by atoms with Crippen LogP contribution in [0.4, 0.5) is 0 Å². The predicted molar refractivity (Wildman–Crippen MR) is 68.9 cm³/mol. The summed E-state index contributed by atoms with van der Waals surface area (Å²) in [5, 5.41) is -0.886. The largest absolute Gasteiger partial charge is 0.462 e. The summed E-state index contributed by atoms with van der Waals surface area (Å²) in [6, 6.07) is 4.92. The molecule has 17 heavy (non-hydrogen) atoms. The van der Waals surface area contributed by atoms with Crippen molar-refractivity contribution in [2.75, 3.05) is 6.61 Å². The molecule has 0 bridgehead atoms. The monoisotopic (exact) mass is 272 g/mol. The van der Waals surface area contributed by atoms with Gasteiger partial charge in [-0.25, -0.2) is 4.79 Å². The lowest BCUT2D eigenvalue weighted by atomic mass is 10.0. The van der Waals surface area contributed by atoms with Crippen molar-refractivity contribution >= 4 is 36.0 Å². The van der Waals surface area contributed by atoms with Gasteiger partial charge in [0.25, 0.3) is 0 Å². The standard InChI is InChI=1S/C12H13ClO3S/c1-3-16-12(15)8-5-4-6-9(17)10(8)11(13)7(2)14/h4-6,11,17H,3H2,1-2H3. The van der Waals surface area contributed by atoms with Crippen LogP contribution in [-0.2, 0) is 9.53 Å². The van der Waals surface area contributed by atoms with Gasteiger partial charge in [0.05, 0.1) is 12.2 Å². The second-order valence-electron chi connectivity index (χ2n) is 3.43. The van der Waals surface area contributed by atoms with Crippen molar-refractivity contribution in [1.82, 2.24) is 0 Å². The Hall–Kier alpha value is -1.00. The maximum Gasteiger partial charge on any atom is 0.338 e. The van der Waals surface area contributed by atoms with Crippen LogP contribution in [0.5, 0.6) is 0 Å². The van der Waals surface area contributed by atoms with Crippen molar-refractivity contribution in [3.8, 4) is 0 Å². The molecule has 0 saturated carbocycles. The molecule has 1 rings (SSSR count). The van der Waals surface area contributed by atoms with Gasteiger partial charge in [0, 0.05) is 10.5 Å². The van der Waals surface area contributed by atoms with Crippen molar-refractivity contribution in [2.24, 2.45) is 0 Å². The molecule has 0 aromatic heterocycles. The Kier molecular flexibility index (Phi) is 5.02. The molecule has 92 valence electrons. The van der Waals surface area contributed by atoms with Gasteiger partial charge in [-0.1, -0.05) is 6.07 Å². The average Bonchev–Trinajstić information content (AvgIpc) is 2.28. The Balaban J connectivity index is 3.26. The van der Waals surface area contributed by atoms with E-state index in [1.165, 1.54) is 6.92 Å². The second-order valence-corrected chi connectivity index (χ2v) is 4.35. The van der Waals surface area contributed by atoms with Crippen LogP contribution in [0.1, 0.15) is 35.1 Å². The Morgan fingerprint density at radius 1 is 1.47 bits per heavy atom. The van der Waals surface area contributed by atoms with Crippen LogP contribution in [0, 0.1) is 0 Å². The number of Topliss-reactive ketones (excluding diaryl/α,β-unsaturated/α-hetero) is 1. The van der Waals surface area contributed by atoms with E-state index in [9.17, 15) is 9.59 Å². The average molecular weight is 273 g/mol. The predicted octanol–water partition coefficient (Wildman–Crippen LogP) is 3.02. The van der Waals surface area contributed by atoms with Crippen LogP contribution >= 0.6 is 24.2 Å². The molecule has 1 aromatic carbocycles. The fourth-order valence-corrected chi connectivity index (χ4v) is 2.06. The number of thiol groups is 1. The fraction of sp³-hybridized carbons (Fsp3) is 0.333. The quantitative estimate of drug-likeness (QED) is 0.520. The normalized spacial score (nSPS) is 12.0. The molecule has 0 N–H and O–H groups in total. The maximum atomic E-state index is 11.7. The highest BCUT2D eigenvalue weighted by Gasteiger charge is 2.23. The maximum absolute atomic E-state index is 11.7. The number of hydrogen-bond acceptors (Lipinski definition) is 4. The highest BCUT2D eigenvalue weighted by atomic mass is 35.5. The van der Waals surface area contributed by atoms with Crippen LogP contribution < -0.4 is 0 Å². The Morgan fingerprint density at radius 2 is 2.12 bits per heavy atom. The molecule has 0 heterocycles. The van der Waals surface area contributed by atoms with E-state index >= 15 is 0 Å². The van der Waals surface area contributed by atoms with Crippen molar-refractivity contribution in [1.29, 1.82) is 0 Å². The highest BCUT2D eigenvalue weighted by Crippen LogP contribution is 2.31. The molecule has 0 saturated heterocycles. The van der Waals surface area contributed by atoms with E-state index in [1.54, 1.807) is 25.1 Å².